The van der Waals surface area contributed by atoms with Gasteiger partial charge in [0.15, 0.2) is 5.16 Å². The number of halogens is 2. The van der Waals surface area contributed by atoms with Gasteiger partial charge in [-0.25, -0.2) is 15.0 Å². The molecule has 0 aliphatic carbocycles. The van der Waals surface area contributed by atoms with E-state index in [0.29, 0.717) is 15.5 Å². The smallest absolute Gasteiger partial charge is 0.179 e. The first kappa shape index (κ1) is 12.0. The zero-order valence-corrected chi connectivity index (χ0v) is 11.8. The summed E-state index contributed by atoms with van der Waals surface area (Å²) in [6.07, 6.45) is 0. The molecule has 1 atom stereocenters. The minimum atomic E-state index is -0.787. The van der Waals surface area contributed by atoms with E-state index in [0.717, 1.165) is 10.6 Å². The van der Waals surface area contributed by atoms with Gasteiger partial charge in [0.05, 0.1) is 11.2 Å². The molecule has 0 radical (unpaired) electrons. The van der Waals surface area contributed by atoms with Crippen LogP contribution in [0.3, 0.4) is 0 Å². The fourth-order valence-corrected chi connectivity index (χ4v) is 4.14. The van der Waals surface area contributed by atoms with Crippen molar-refractivity contribution in [2.24, 2.45) is 4.99 Å². The third kappa shape index (κ3) is 2.11. The van der Waals surface area contributed by atoms with Crippen molar-refractivity contribution in [3.63, 3.8) is 0 Å². The molecule has 2 heterocycles. The second kappa shape index (κ2) is 4.53. The molecular formula is C12H9Cl2N3S. The lowest BCUT2D eigenvalue weighted by atomic mass is 10.2. The molecule has 0 bridgehead atoms. The molecule has 0 saturated heterocycles. The fraction of sp³-hybridized carbons (Fsp3) is 0.0833. The standard InChI is InChI=1S/C12H9Cl2N3S/c1-7-2-3-8-9(4-7)18(6-15-8)12-16-10(13)5-11(14)17-12/h2-6,18H,1H3. The van der Waals surface area contributed by atoms with E-state index in [4.69, 9.17) is 23.2 Å². The van der Waals surface area contributed by atoms with Gasteiger partial charge in [-0.15, -0.1) is 10.9 Å². The van der Waals surface area contributed by atoms with E-state index >= 15 is 0 Å². The molecule has 3 rings (SSSR count). The Bertz CT molecular complexity index is 638. The summed E-state index contributed by atoms with van der Waals surface area (Å²) >= 11 is 11.8. The highest BCUT2D eigenvalue weighted by molar-refractivity contribution is 8.28. The number of thiol groups is 1. The van der Waals surface area contributed by atoms with Crippen LogP contribution in [-0.2, 0) is 0 Å². The Labute approximate surface area is 117 Å². The summed E-state index contributed by atoms with van der Waals surface area (Å²) in [5.41, 5.74) is 4.06. The lowest BCUT2D eigenvalue weighted by Crippen LogP contribution is -1.93. The third-order valence-electron chi connectivity index (χ3n) is 2.57. The average molecular weight is 298 g/mol. The van der Waals surface area contributed by atoms with Gasteiger partial charge in [0, 0.05) is 11.0 Å². The molecule has 0 fully saturated rings. The summed E-state index contributed by atoms with van der Waals surface area (Å²) in [5, 5.41) is 1.37. The zero-order chi connectivity index (χ0) is 12.7. The van der Waals surface area contributed by atoms with Crippen LogP contribution < -0.4 is 0 Å². The van der Waals surface area contributed by atoms with E-state index in [1.807, 2.05) is 17.7 Å². The van der Waals surface area contributed by atoms with Crippen LogP contribution in [0.1, 0.15) is 5.56 Å². The number of aromatic nitrogens is 2. The maximum absolute atomic E-state index is 5.92. The molecule has 1 aliphatic rings. The van der Waals surface area contributed by atoms with Gasteiger partial charge in [0.2, 0.25) is 0 Å². The fourth-order valence-electron chi connectivity index (χ4n) is 1.76. The highest BCUT2D eigenvalue weighted by Gasteiger charge is 2.20. The Balaban J connectivity index is 2.11. The van der Waals surface area contributed by atoms with Crippen LogP contribution in [0.25, 0.3) is 0 Å². The molecule has 2 aromatic rings. The van der Waals surface area contributed by atoms with E-state index in [1.54, 1.807) is 0 Å². The molecule has 0 spiro atoms. The third-order valence-corrected chi connectivity index (χ3v) is 4.81. The Morgan fingerprint density at radius 1 is 1.06 bits per heavy atom. The van der Waals surface area contributed by atoms with Gasteiger partial charge in [0.1, 0.15) is 10.3 Å². The van der Waals surface area contributed by atoms with Crippen LogP contribution in [0.2, 0.25) is 10.3 Å². The number of fused-ring (bicyclic) bond motifs is 1. The summed E-state index contributed by atoms with van der Waals surface area (Å²) in [4.78, 5) is 14.1. The molecule has 0 amide bonds. The van der Waals surface area contributed by atoms with Crippen molar-refractivity contribution in [3.8, 4) is 0 Å². The number of benzene rings is 1. The number of hydrogen-bond acceptors (Lipinski definition) is 3. The molecule has 3 nitrogen and oxygen atoms in total. The average Bonchev–Trinajstić information content (AvgIpc) is 2.70. The number of aliphatic imine (C=N–C) groups is 1. The van der Waals surface area contributed by atoms with Crippen LogP contribution in [0.5, 0.6) is 0 Å². The van der Waals surface area contributed by atoms with Crippen molar-refractivity contribution in [2.75, 3.05) is 0 Å². The van der Waals surface area contributed by atoms with Crippen molar-refractivity contribution in [2.45, 2.75) is 17.0 Å². The van der Waals surface area contributed by atoms with Gasteiger partial charge < -0.3 is 0 Å². The molecule has 92 valence electrons. The maximum atomic E-state index is 5.92. The SMILES string of the molecule is Cc1ccc2c(c1)[SH](c1nc(Cl)cc(Cl)n1)C=N2. The molecule has 0 saturated carbocycles. The Kier molecular flexibility index (Phi) is 3.01. The summed E-state index contributed by atoms with van der Waals surface area (Å²) in [6, 6.07) is 7.70. The lowest BCUT2D eigenvalue weighted by molar-refractivity contribution is 0.966. The van der Waals surface area contributed by atoms with Crippen LogP contribution in [0, 0.1) is 6.92 Å². The first-order valence-electron chi connectivity index (χ1n) is 5.27. The van der Waals surface area contributed by atoms with Crippen LogP contribution in [0.15, 0.2) is 39.3 Å². The van der Waals surface area contributed by atoms with Crippen molar-refractivity contribution < 1.29 is 0 Å². The molecule has 1 unspecified atom stereocenters. The minimum Gasteiger partial charge on any atom is -0.250 e. The molecule has 18 heavy (non-hydrogen) atoms. The predicted octanol–water partition coefficient (Wildman–Crippen LogP) is 4.18. The zero-order valence-electron chi connectivity index (χ0n) is 9.43. The van der Waals surface area contributed by atoms with Gasteiger partial charge in [-0.3, -0.25) is 0 Å². The van der Waals surface area contributed by atoms with Gasteiger partial charge in [-0.1, -0.05) is 29.3 Å². The molecule has 1 aromatic heterocycles. The van der Waals surface area contributed by atoms with E-state index in [1.165, 1.54) is 11.6 Å². The van der Waals surface area contributed by atoms with Crippen molar-refractivity contribution >= 4 is 45.3 Å². The van der Waals surface area contributed by atoms with Crippen molar-refractivity contribution in [1.82, 2.24) is 9.97 Å². The molecule has 1 aliphatic heterocycles. The Morgan fingerprint density at radius 2 is 1.78 bits per heavy atom. The molecule has 0 N–H and O–H groups in total. The highest BCUT2D eigenvalue weighted by Crippen LogP contribution is 2.50. The summed E-state index contributed by atoms with van der Waals surface area (Å²) in [5.74, 6) is 0. The predicted molar refractivity (Wildman–Crippen MR) is 76.9 cm³/mol. The quantitative estimate of drug-likeness (QED) is 0.487. The van der Waals surface area contributed by atoms with Gasteiger partial charge in [-0.05, 0) is 24.6 Å². The summed E-state index contributed by atoms with van der Waals surface area (Å²) in [6.45, 7) is 2.05. The summed E-state index contributed by atoms with van der Waals surface area (Å²) in [7, 11) is -0.787. The van der Waals surface area contributed by atoms with E-state index in [-0.39, 0.29) is 0 Å². The Morgan fingerprint density at radius 3 is 2.50 bits per heavy atom. The van der Waals surface area contributed by atoms with Crippen LogP contribution in [-0.4, -0.2) is 15.5 Å². The van der Waals surface area contributed by atoms with Crippen molar-refractivity contribution in [3.05, 3.63) is 40.1 Å². The van der Waals surface area contributed by atoms with E-state index in [2.05, 4.69) is 28.0 Å². The maximum Gasteiger partial charge on any atom is 0.179 e. The van der Waals surface area contributed by atoms with Gasteiger partial charge >= 0.3 is 0 Å². The molecular weight excluding hydrogens is 289 g/mol. The first-order valence-corrected chi connectivity index (χ1v) is 7.44. The monoisotopic (exact) mass is 297 g/mol. The topological polar surface area (TPSA) is 38.1 Å². The van der Waals surface area contributed by atoms with Gasteiger partial charge in [0.25, 0.3) is 0 Å². The highest BCUT2D eigenvalue weighted by atomic mass is 35.5. The largest absolute Gasteiger partial charge is 0.250 e. The number of nitrogens with zero attached hydrogens (tertiary/aromatic N) is 3. The van der Waals surface area contributed by atoms with Crippen LogP contribution in [0.4, 0.5) is 5.69 Å². The second-order valence-electron chi connectivity index (χ2n) is 3.92. The minimum absolute atomic E-state index is 0.363. The van der Waals surface area contributed by atoms with Crippen LogP contribution >= 0.6 is 34.1 Å². The number of rotatable bonds is 1. The lowest BCUT2D eigenvalue weighted by Gasteiger charge is -2.12. The normalized spacial score (nSPS) is 18.9. The van der Waals surface area contributed by atoms with Gasteiger partial charge in [-0.2, -0.15) is 0 Å². The molecule has 6 heteroatoms. The Hall–Kier alpha value is -1.10. The molecule has 1 aromatic carbocycles. The first-order chi connectivity index (χ1) is 8.63. The number of aryl methyl sites for hydroxylation is 1. The van der Waals surface area contributed by atoms with Crippen molar-refractivity contribution in [1.29, 1.82) is 0 Å². The van der Waals surface area contributed by atoms with E-state index in [9.17, 15) is 0 Å². The summed E-state index contributed by atoms with van der Waals surface area (Å²) < 4.78 is 0. The van der Waals surface area contributed by atoms with E-state index < -0.39 is 10.9 Å². The number of hydrogen-bond donors (Lipinski definition) is 1. The second-order valence-corrected chi connectivity index (χ2v) is 6.55.